The standard InChI is InChI=1S/C17H22N4O3/c1-24-11-17(6-8-18-9-7-17)10-19-16(23)14-12-4-2-3-5-13(12)15(22)21-20-14/h2-5,18H,6-11H2,1H3,(H,19,23)(H,21,22). The van der Waals surface area contributed by atoms with E-state index in [1.54, 1.807) is 31.4 Å². The van der Waals surface area contributed by atoms with Crippen molar-refractivity contribution in [2.45, 2.75) is 12.8 Å². The molecule has 0 bridgehead atoms. The Morgan fingerprint density at radius 3 is 2.71 bits per heavy atom. The van der Waals surface area contributed by atoms with Crippen molar-refractivity contribution < 1.29 is 9.53 Å². The number of amides is 1. The highest BCUT2D eigenvalue weighted by molar-refractivity contribution is 6.04. The fourth-order valence-corrected chi connectivity index (χ4v) is 3.27. The van der Waals surface area contributed by atoms with Gasteiger partial charge in [-0.3, -0.25) is 9.59 Å². The molecule has 1 fully saturated rings. The maximum absolute atomic E-state index is 12.6. The molecule has 0 atom stereocenters. The van der Waals surface area contributed by atoms with Crippen LogP contribution in [0.15, 0.2) is 29.1 Å². The Labute approximate surface area is 139 Å². The van der Waals surface area contributed by atoms with E-state index in [1.165, 1.54) is 0 Å². The molecule has 1 saturated heterocycles. The SMILES string of the molecule is COCC1(CNC(=O)c2n[nH]c(=O)c3ccccc23)CCNCC1. The molecule has 1 aromatic carbocycles. The summed E-state index contributed by atoms with van der Waals surface area (Å²) in [6, 6.07) is 6.98. The minimum atomic E-state index is -0.295. The first kappa shape index (κ1) is 16.6. The van der Waals surface area contributed by atoms with Crippen LogP contribution in [0.2, 0.25) is 0 Å². The van der Waals surface area contributed by atoms with Crippen LogP contribution in [0.25, 0.3) is 10.8 Å². The van der Waals surface area contributed by atoms with Crippen LogP contribution in [0.5, 0.6) is 0 Å². The number of hydrogen-bond acceptors (Lipinski definition) is 5. The summed E-state index contributed by atoms with van der Waals surface area (Å²) in [5.74, 6) is -0.281. The van der Waals surface area contributed by atoms with Crippen molar-refractivity contribution in [2.75, 3.05) is 33.4 Å². The zero-order valence-electron chi connectivity index (χ0n) is 13.7. The molecule has 0 aliphatic carbocycles. The third-order valence-corrected chi connectivity index (χ3v) is 4.65. The Morgan fingerprint density at radius 2 is 2.00 bits per heavy atom. The first-order valence-corrected chi connectivity index (χ1v) is 8.10. The lowest BCUT2D eigenvalue weighted by Gasteiger charge is -2.37. The predicted octanol–water partition coefficient (Wildman–Crippen LogP) is 0.669. The van der Waals surface area contributed by atoms with E-state index < -0.39 is 0 Å². The number of fused-ring (bicyclic) bond motifs is 1. The lowest BCUT2D eigenvalue weighted by atomic mass is 9.79. The molecular weight excluding hydrogens is 308 g/mol. The second-order valence-corrected chi connectivity index (χ2v) is 6.31. The number of rotatable bonds is 5. The van der Waals surface area contributed by atoms with Crippen molar-refractivity contribution in [1.82, 2.24) is 20.8 Å². The summed E-state index contributed by atoms with van der Waals surface area (Å²) in [5.41, 5.74) is -0.115. The summed E-state index contributed by atoms with van der Waals surface area (Å²) in [6.07, 6.45) is 1.89. The summed E-state index contributed by atoms with van der Waals surface area (Å²) in [4.78, 5) is 24.4. The third kappa shape index (κ3) is 3.32. The normalized spacial score (nSPS) is 16.9. The molecule has 128 valence electrons. The summed E-state index contributed by atoms with van der Waals surface area (Å²) in [5, 5.41) is 13.7. The molecule has 0 unspecified atom stereocenters. The summed E-state index contributed by atoms with van der Waals surface area (Å²) in [7, 11) is 1.68. The van der Waals surface area contributed by atoms with Crippen LogP contribution in [0.4, 0.5) is 0 Å². The van der Waals surface area contributed by atoms with E-state index in [9.17, 15) is 9.59 Å². The monoisotopic (exact) mass is 330 g/mol. The van der Waals surface area contributed by atoms with Gasteiger partial charge < -0.3 is 15.4 Å². The van der Waals surface area contributed by atoms with Gasteiger partial charge in [0.2, 0.25) is 0 Å². The molecule has 1 aliphatic rings. The smallest absolute Gasteiger partial charge is 0.272 e. The van der Waals surface area contributed by atoms with Crippen LogP contribution in [-0.2, 0) is 4.74 Å². The first-order chi connectivity index (χ1) is 11.7. The van der Waals surface area contributed by atoms with E-state index in [4.69, 9.17) is 4.74 Å². The third-order valence-electron chi connectivity index (χ3n) is 4.65. The molecule has 1 aliphatic heterocycles. The number of aromatic nitrogens is 2. The second-order valence-electron chi connectivity index (χ2n) is 6.31. The number of H-pyrrole nitrogens is 1. The largest absolute Gasteiger partial charge is 0.384 e. The topological polar surface area (TPSA) is 96.1 Å². The summed E-state index contributed by atoms with van der Waals surface area (Å²) >= 11 is 0. The number of benzene rings is 1. The van der Waals surface area contributed by atoms with Crippen molar-refractivity contribution in [3.63, 3.8) is 0 Å². The van der Waals surface area contributed by atoms with Gasteiger partial charge in [0.05, 0.1) is 12.0 Å². The number of piperidine rings is 1. The second kappa shape index (κ2) is 7.11. The number of aromatic amines is 1. The Morgan fingerprint density at radius 1 is 1.29 bits per heavy atom. The first-order valence-electron chi connectivity index (χ1n) is 8.10. The number of nitrogens with one attached hydrogen (secondary N) is 3. The van der Waals surface area contributed by atoms with Gasteiger partial charge >= 0.3 is 0 Å². The van der Waals surface area contributed by atoms with Gasteiger partial charge in [-0.15, -0.1) is 0 Å². The average molecular weight is 330 g/mol. The van der Waals surface area contributed by atoms with Gasteiger partial charge in [0.25, 0.3) is 11.5 Å². The van der Waals surface area contributed by atoms with Crippen LogP contribution in [-0.4, -0.2) is 49.5 Å². The van der Waals surface area contributed by atoms with Gasteiger partial charge in [-0.2, -0.15) is 5.10 Å². The van der Waals surface area contributed by atoms with Crippen molar-refractivity contribution >= 4 is 16.7 Å². The Hall–Kier alpha value is -2.25. The van der Waals surface area contributed by atoms with E-state index in [0.29, 0.717) is 23.9 Å². The van der Waals surface area contributed by atoms with Gasteiger partial charge in [-0.25, -0.2) is 5.10 Å². The Bertz CT molecular complexity index is 775. The van der Waals surface area contributed by atoms with Crippen LogP contribution in [0, 0.1) is 5.41 Å². The molecule has 1 aromatic heterocycles. The minimum Gasteiger partial charge on any atom is -0.384 e. The highest BCUT2D eigenvalue weighted by atomic mass is 16.5. The van der Waals surface area contributed by atoms with Crippen LogP contribution in [0.1, 0.15) is 23.3 Å². The van der Waals surface area contributed by atoms with Crippen LogP contribution in [0.3, 0.4) is 0 Å². The quantitative estimate of drug-likeness (QED) is 0.749. The van der Waals surface area contributed by atoms with Crippen molar-refractivity contribution in [3.05, 3.63) is 40.3 Å². The molecule has 2 aromatic rings. The molecular formula is C17H22N4O3. The molecule has 0 spiro atoms. The van der Waals surface area contributed by atoms with Crippen LogP contribution < -0.4 is 16.2 Å². The number of carbonyl (C=O) groups is 1. The molecule has 2 heterocycles. The predicted molar refractivity (Wildman–Crippen MR) is 91.1 cm³/mol. The van der Waals surface area contributed by atoms with E-state index >= 15 is 0 Å². The zero-order valence-corrected chi connectivity index (χ0v) is 13.7. The zero-order chi connectivity index (χ0) is 17.0. The fourth-order valence-electron chi connectivity index (χ4n) is 3.27. The lowest BCUT2D eigenvalue weighted by molar-refractivity contribution is 0.0511. The molecule has 0 saturated carbocycles. The average Bonchev–Trinajstić information content (AvgIpc) is 2.61. The number of carbonyl (C=O) groups excluding carboxylic acids is 1. The van der Waals surface area contributed by atoms with Crippen molar-refractivity contribution in [2.24, 2.45) is 5.41 Å². The maximum atomic E-state index is 12.6. The fraction of sp³-hybridized carbons (Fsp3) is 0.471. The van der Waals surface area contributed by atoms with Gasteiger partial charge in [-0.1, -0.05) is 18.2 Å². The molecule has 3 N–H and O–H groups in total. The molecule has 0 radical (unpaired) electrons. The molecule has 7 heteroatoms. The maximum Gasteiger partial charge on any atom is 0.272 e. The number of nitrogens with zero attached hydrogens (tertiary/aromatic N) is 1. The highest BCUT2D eigenvalue weighted by Gasteiger charge is 2.32. The molecule has 3 rings (SSSR count). The van der Waals surface area contributed by atoms with Gasteiger partial charge in [0.15, 0.2) is 5.69 Å². The lowest BCUT2D eigenvalue weighted by Crippen LogP contribution is -2.47. The van der Waals surface area contributed by atoms with Crippen molar-refractivity contribution in [1.29, 1.82) is 0 Å². The van der Waals surface area contributed by atoms with Crippen LogP contribution >= 0.6 is 0 Å². The van der Waals surface area contributed by atoms with Gasteiger partial charge in [-0.05, 0) is 32.0 Å². The number of methoxy groups -OCH3 is 1. The molecule has 7 nitrogen and oxygen atoms in total. The van der Waals surface area contributed by atoms with E-state index in [1.807, 2.05) is 0 Å². The number of ether oxygens (including phenoxy) is 1. The molecule has 24 heavy (non-hydrogen) atoms. The summed E-state index contributed by atoms with van der Waals surface area (Å²) in [6.45, 7) is 2.96. The van der Waals surface area contributed by atoms with E-state index in [-0.39, 0.29) is 22.6 Å². The van der Waals surface area contributed by atoms with Crippen molar-refractivity contribution in [3.8, 4) is 0 Å². The molecule has 1 amide bonds. The summed E-state index contributed by atoms with van der Waals surface area (Å²) < 4.78 is 5.37. The number of hydrogen-bond donors (Lipinski definition) is 3. The van der Waals surface area contributed by atoms with Gasteiger partial charge in [0, 0.05) is 24.5 Å². The van der Waals surface area contributed by atoms with E-state index in [2.05, 4.69) is 20.8 Å². The highest BCUT2D eigenvalue weighted by Crippen LogP contribution is 2.28. The van der Waals surface area contributed by atoms with E-state index in [0.717, 1.165) is 25.9 Å². The minimum absolute atomic E-state index is 0.0619. The van der Waals surface area contributed by atoms with Gasteiger partial charge in [0.1, 0.15) is 0 Å². The Kier molecular flexibility index (Phi) is 4.92. The Balaban J connectivity index is 1.80.